The number of methoxy groups -OCH3 is 1. The van der Waals surface area contributed by atoms with Gasteiger partial charge in [0.25, 0.3) is 0 Å². The summed E-state index contributed by atoms with van der Waals surface area (Å²) in [5.41, 5.74) is 2.52. The minimum atomic E-state index is -0.187. The molecule has 1 unspecified atom stereocenters. The van der Waals surface area contributed by atoms with E-state index in [4.69, 9.17) is 4.74 Å². The maximum atomic E-state index is 12.4. The van der Waals surface area contributed by atoms with Gasteiger partial charge in [0.15, 0.2) is 0 Å². The number of amides is 3. The Morgan fingerprint density at radius 2 is 2.04 bits per heavy atom. The predicted octanol–water partition coefficient (Wildman–Crippen LogP) is 1.21. The molecule has 2 aliphatic heterocycles. The Bertz CT molecular complexity index is 605. The van der Waals surface area contributed by atoms with Crippen LogP contribution in [-0.4, -0.2) is 68.7 Å². The monoisotopic (exact) mass is 317 g/mol. The maximum Gasteiger partial charge on any atom is 0.327 e. The van der Waals surface area contributed by atoms with Gasteiger partial charge >= 0.3 is 6.03 Å². The number of carbonyl (C=O) groups is 2. The van der Waals surface area contributed by atoms with Crippen molar-refractivity contribution in [2.24, 2.45) is 5.92 Å². The number of para-hydroxylation sites is 1. The number of benzene rings is 1. The van der Waals surface area contributed by atoms with Crippen LogP contribution in [0, 0.1) is 5.92 Å². The van der Waals surface area contributed by atoms with E-state index in [2.05, 4.69) is 24.1 Å². The number of rotatable bonds is 5. The average molecular weight is 317 g/mol. The SMILES string of the molecule is COCCN1CC(=O)N(CC2Cc3ccccc3N(C)C2)C1=O. The molecule has 1 aromatic carbocycles. The summed E-state index contributed by atoms with van der Waals surface area (Å²) in [6.45, 7) is 2.42. The summed E-state index contributed by atoms with van der Waals surface area (Å²) in [5, 5.41) is 0. The maximum absolute atomic E-state index is 12.4. The molecule has 23 heavy (non-hydrogen) atoms. The van der Waals surface area contributed by atoms with E-state index in [0.29, 0.717) is 19.7 Å². The Morgan fingerprint density at radius 3 is 2.83 bits per heavy atom. The van der Waals surface area contributed by atoms with Gasteiger partial charge in [0, 0.05) is 39.5 Å². The van der Waals surface area contributed by atoms with Gasteiger partial charge in [0.2, 0.25) is 5.91 Å². The normalized spacial score (nSPS) is 21.1. The van der Waals surface area contributed by atoms with Crippen LogP contribution >= 0.6 is 0 Å². The van der Waals surface area contributed by atoms with E-state index >= 15 is 0 Å². The van der Waals surface area contributed by atoms with Gasteiger partial charge in [-0.3, -0.25) is 9.69 Å². The Kier molecular flexibility index (Phi) is 4.52. The standard InChI is InChI=1S/C17H23N3O3/c1-18-10-13(9-14-5-3-4-6-15(14)18)11-20-16(21)12-19(17(20)22)7-8-23-2/h3-6,13H,7-12H2,1-2H3. The zero-order valence-electron chi connectivity index (χ0n) is 13.7. The van der Waals surface area contributed by atoms with Crippen LogP contribution in [0.5, 0.6) is 0 Å². The lowest BCUT2D eigenvalue weighted by Crippen LogP contribution is -2.42. The van der Waals surface area contributed by atoms with Crippen LogP contribution < -0.4 is 4.90 Å². The molecular formula is C17H23N3O3. The number of hydrogen-bond acceptors (Lipinski definition) is 4. The highest BCUT2D eigenvalue weighted by molar-refractivity contribution is 6.02. The van der Waals surface area contributed by atoms with E-state index in [1.807, 2.05) is 12.1 Å². The molecule has 0 aromatic heterocycles. The van der Waals surface area contributed by atoms with Gasteiger partial charge < -0.3 is 14.5 Å². The molecule has 0 radical (unpaired) electrons. The third-order valence-electron chi connectivity index (χ3n) is 4.58. The van der Waals surface area contributed by atoms with Crippen LogP contribution in [0.25, 0.3) is 0 Å². The van der Waals surface area contributed by atoms with Crippen molar-refractivity contribution >= 4 is 17.6 Å². The third-order valence-corrected chi connectivity index (χ3v) is 4.58. The van der Waals surface area contributed by atoms with E-state index in [9.17, 15) is 9.59 Å². The Hall–Kier alpha value is -2.08. The van der Waals surface area contributed by atoms with Crippen LogP contribution in [0.3, 0.4) is 0 Å². The minimum absolute atomic E-state index is 0.104. The molecule has 0 N–H and O–H groups in total. The highest BCUT2D eigenvalue weighted by atomic mass is 16.5. The van der Waals surface area contributed by atoms with Crippen molar-refractivity contribution < 1.29 is 14.3 Å². The molecule has 2 heterocycles. The van der Waals surface area contributed by atoms with Gasteiger partial charge in [0.1, 0.15) is 6.54 Å². The van der Waals surface area contributed by atoms with Gasteiger partial charge in [-0.1, -0.05) is 18.2 Å². The Morgan fingerprint density at radius 1 is 1.26 bits per heavy atom. The number of urea groups is 1. The molecule has 6 nitrogen and oxygen atoms in total. The highest BCUT2D eigenvalue weighted by Crippen LogP contribution is 2.29. The molecule has 1 saturated heterocycles. The first-order valence-corrected chi connectivity index (χ1v) is 7.97. The molecule has 1 atom stereocenters. The third kappa shape index (κ3) is 3.17. The molecule has 3 amide bonds. The van der Waals surface area contributed by atoms with Crippen LogP contribution in [0.2, 0.25) is 0 Å². The molecule has 2 aliphatic rings. The number of anilines is 1. The number of carbonyl (C=O) groups excluding carboxylic acids is 2. The second kappa shape index (κ2) is 6.58. The lowest BCUT2D eigenvalue weighted by molar-refractivity contribution is -0.125. The molecule has 1 aromatic rings. The Balaban J connectivity index is 1.66. The summed E-state index contributed by atoms with van der Waals surface area (Å²) < 4.78 is 5.00. The number of ether oxygens (including phenoxy) is 1. The van der Waals surface area contributed by atoms with E-state index < -0.39 is 0 Å². The van der Waals surface area contributed by atoms with Crippen molar-refractivity contribution in [3.8, 4) is 0 Å². The zero-order chi connectivity index (χ0) is 16.4. The first kappa shape index (κ1) is 15.8. The van der Waals surface area contributed by atoms with E-state index in [0.717, 1.165) is 13.0 Å². The topological polar surface area (TPSA) is 53.1 Å². The molecule has 3 rings (SSSR count). The summed E-state index contributed by atoms with van der Waals surface area (Å²) in [4.78, 5) is 29.7. The summed E-state index contributed by atoms with van der Waals surface area (Å²) >= 11 is 0. The van der Waals surface area contributed by atoms with E-state index in [1.54, 1.807) is 12.0 Å². The van der Waals surface area contributed by atoms with Gasteiger partial charge in [-0.05, 0) is 24.0 Å². The number of fused-ring (bicyclic) bond motifs is 1. The number of imide groups is 1. The van der Waals surface area contributed by atoms with Crippen molar-refractivity contribution in [2.45, 2.75) is 6.42 Å². The van der Waals surface area contributed by atoms with Crippen molar-refractivity contribution in [3.05, 3.63) is 29.8 Å². The molecule has 0 spiro atoms. The number of hydrogen-bond donors (Lipinski definition) is 0. The van der Waals surface area contributed by atoms with Gasteiger partial charge in [0.05, 0.1) is 6.61 Å². The zero-order valence-corrected chi connectivity index (χ0v) is 13.7. The molecular weight excluding hydrogens is 294 g/mol. The van der Waals surface area contributed by atoms with Crippen molar-refractivity contribution in [3.63, 3.8) is 0 Å². The molecule has 6 heteroatoms. The van der Waals surface area contributed by atoms with Crippen LogP contribution in [-0.2, 0) is 16.0 Å². The van der Waals surface area contributed by atoms with Crippen LogP contribution in [0.1, 0.15) is 5.56 Å². The first-order valence-electron chi connectivity index (χ1n) is 7.97. The first-order chi connectivity index (χ1) is 11.1. The second-order valence-corrected chi connectivity index (χ2v) is 6.28. The van der Waals surface area contributed by atoms with Crippen LogP contribution in [0.15, 0.2) is 24.3 Å². The largest absolute Gasteiger partial charge is 0.383 e. The molecule has 0 aliphatic carbocycles. The fraction of sp³-hybridized carbons (Fsp3) is 0.529. The molecule has 0 saturated carbocycles. The predicted molar refractivity (Wildman–Crippen MR) is 87.5 cm³/mol. The minimum Gasteiger partial charge on any atom is -0.383 e. The summed E-state index contributed by atoms with van der Waals surface area (Å²) in [6.07, 6.45) is 0.898. The van der Waals surface area contributed by atoms with Crippen molar-refractivity contribution in [2.75, 3.05) is 51.8 Å². The lowest BCUT2D eigenvalue weighted by Gasteiger charge is -2.34. The van der Waals surface area contributed by atoms with E-state index in [-0.39, 0.29) is 24.4 Å². The molecule has 0 bridgehead atoms. The highest BCUT2D eigenvalue weighted by Gasteiger charge is 2.37. The van der Waals surface area contributed by atoms with Gasteiger partial charge in [-0.2, -0.15) is 0 Å². The van der Waals surface area contributed by atoms with Gasteiger partial charge in [-0.25, -0.2) is 4.79 Å². The lowest BCUT2D eigenvalue weighted by atomic mass is 9.92. The Labute approximate surface area is 136 Å². The molecule has 1 fully saturated rings. The summed E-state index contributed by atoms with van der Waals surface area (Å²) in [6, 6.07) is 8.12. The molecule has 124 valence electrons. The van der Waals surface area contributed by atoms with Crippen molar-refractivity contribution in [1.29, 1.82) is 0 Å². The summed E-state index contributed by atoms with van der Waals surface area (Å²) in [5.74, 6) is 0.165. The number of nitrogens with zero attached hydrogens (tertiary/aromatic N) is 3. The van der Waals surface area contributed by atoms with Crippen LogP contribution in [0.4, 0.5) is 10.5 Å². The second-order valence-electron chi connectivity index (χ2n) is 6.28. The smallest absolute Gasteiger partial charge is 0.327 e. The average Bonchev–Trinajstić information content (AvgIpc) is 2.80. The van der Waals surface area contributed by atoms with E-state index in [1.165, 1.54) is 16.2 Å². The quantitative estimate of drug-likeness (QED) is 0.766. The summed E-state index contributed by atoms with van der Waals surface area (Å²) in [7, 11) is 3.65. The fourth-order valence-electron chi connectivity index (χ4n) is 3.45. The van der Waals surface area contributed by atoms with Crippen molar-refractivity contribution in [1.82, 2.24) is 9.80 Å². The van der Waals surface area contributed by atoms with Gasteiger partial charge in [-0.15, -0.1) is 0 Å². The fourth-order valence-corrected chi connectivity index (χ4v) is 3.45.